The molecule has 0 aliphatic carbocycles. The fraction of sp³-hybridized carbons (Fsp3) is 0.500. The number of hydrogen-bond donors (Lipinski definition) is 0. The minimum absolute atomic E-state index is 0.422. The molecule has 3 rings (SSSR count). The van der Waals surface area contributed by atoms with Crippen molar-refractivity contribution in [2.45, 2.75) is 25.3 Å². The molecule has 0 bridgehead atoms. The standard InChI is InChI=1S/C12H16N4/c1-15-8-4-2-6-10(15)12-14-13-11-7-3-5-9-16(11)12/h3,5,7,9-10H,2,4,6,8H2,1H3. The van der Waals surface area contributed by atoms with Gasteiger partial charge in [0.15, 0.2) is 11.5 Å². The molecule has 0 radical (unpaired) electrons. The molecule has 4 nitrogen and oxygen atoms in total. The van der Waals surface area contributed by atoms with E-state index in [-0.39, 0.29) is 0 Å². The highest BCUT2D eigenvalue weighted by Crippen LogP contribution is 2.28. The maximum Gasteiger partial charge on any atom is 0.160 e. The van der Waals surface area contributed by atoms with Crippen molar-refractivity contribution in [1.29, 1.82) is 0 Å². The first-order valence-corrected chi connectivity index (χ1v) is 5.86. The van der Waals surface area contributed by atoms with Crippen molar-refractivity contribution in [3.63, 3.8) is 0 Å². The Morgan fingerprint density at radius 3 is 3.06 bits per heavy atom. The molecule has 16 heavy (non-hydrogen) atoms. The molecule has 1 fully saturated rings. The van der Waals surface area contributed by atoms with Gasteiger partial charge in [-0.3, -0.25) is 9.30 Å². The van der Waals surface area contributed by atoms with E-state index in [0.29, 0.717) is 6.04 Å². The lowest BCUT2D eigenvalue weighted by Gasteiger charge is -2.30. The van der Waals surface area contributed by atoms with Gasteiger partial charge in [-0.1, -0.05) is 12.5 Å². The second-order valence-corrected chi connectivity index (χ2v) is 4.48. The largest absolute Gasteiger partial charge is 0.296 e. The maximum absolute atomic E-state index is 4.34. The SMILES string of the molecule is CN1CCCCC1c1nnc2ccccn12. The molecule has 0 spiro atoms. The molecule has 2 aromatic rings. The first kappa shape index (κ1) is 9.78. The van der Waals surface area contributed by atoms with Gasteiger partial charge in [-0.05, 0) is 38.6 Å². The summed E-state index contributed by atoms with van der Waals surface area (Å²) in [6.07, 6.45) is 5.82. The first-order chi connectivity index (χ1) is 7.86. The zero-order chi connectivity index (χ0) is 11.0. The number of hydrogen-bond acceptors (Lipinski definition) is 3. The number of fused-ring (bicyclic) bond motifs is 1. The van der Waals surface area contributed by atoms with Crippen LogP contribution in [-0.4, -0.2) is 33.1 Å². The number of likely N-dealkylation sites (tertiary alicyclic amines) is 1. The molecule has 0 amide bonds. The maximum atomic E-state index is 4.34. The molecule has 1 atom stereocenters. The third kappa shape index (κ3) is 1.50. The van der Waals surface area contributed by atoms with Crippen molar-refractivity contribution in [2.75, 3.05) is 13.6 Å². The summed E-state index contributed by atoms with van der Waals surface area (Å²) in [5, 5.41) is 8.56. The summed E-state index contributed by atoms with van der Waals surface area (Å²) < 4.78 is 2.10. The second kappa shape index (κ2) is 3.87. The van der Waals surface area contributed by atoms with E-state index in [9.17, 15) is 0 Å². The summed E-state index contributed by atoms with van der Waals surface area (Å²) in [6, 6.07) is 6.45. The van der Waals surface area contributed by atoms with E-state index in [1.165, 1.54) is 19.3 Å². The van der Waals surface area contributed by atoms with Crippen LogP contribution < -0.4 is 0 Å². The zero-order valence-electron chi connectivity index (χ0n) is 9.50. The smallest absolute Gasteiger partial charge is 0.160 e. The first-order valence-electron chi connectivity index (χ1n) is 5.86. The monoisotopic (exact) mass is 216 g/mol. The molecule has 1 aliphatic rings. The molecule has 0 saturated carbocycles. The van der Waals surface area contributed by atoms with Gasteiger partial charge in [-0.2, -0.15) is 0 Å². The van der Waals surface area contributed by atoms with Crippen LogP contribution in [0.4, 0.5) is 0 Å². The lowest BCUT2D eigenvalue weighted by Crippen LogP contribution is -2.30. The van der Waals surface area contributed by atoms with Crippen molar-refractivity contribution in [3.05, 3.63) is 30.2 Å². The van der Waals surface area contributed by atoms with Crippen LogP contribution in [0.1, 0.15) is 31.1 Å². The molecule has 2 aromatic heterocycles. The van der Waals surface area contributed by atoms with Gasteiger partial charge >= 0.3 is 0 Å². The molecular weight excluding hydrogens is 200 g/mol. The van der Waals surface area contributed by atoms with E-state index in [4.69, 9.17) is 0 Å². The normalized spacial score (nSPS) is 22.7. The summed E-state index contributed by atoms with van der Waals surface area (Å²) in [6.45, 7) is 1.16. The summed E-state index contributed by atoms with van der Waals surface area (Å²) in [5.41, 5.74) is 0.941. The van der Waals surface area contributed by atoms with Crippen LogP contribution in [-0.2, 0) is 0 Å². The molecule has 0 N–H and O–H groups in total. The summed E-state index contributed by atoms with van der Waals surface area (Å²) in [7, 11) is 2.17. The van der Waals surface area contributed by atoms with Gasteiger partial charge < -0.3 is 0 Å². The molecular formula is C12H16N4. The van der Waals surface area contributed by atoms with Crippen LogP contribution in [0.5, 0.6) is 0 Å². The van der Waals surface area contributed by atoms with Gasteiger partial charge in [0.1, 0.15) is 0 Å². The van der Waals surface area contributed by atoms with Gasteiger partial charge in [0, 0.05) is 6.20 Å². The fourth-order valence-electron chi connectivity index (χ4n) is 2.49. The highest BCUT2D eigenvalue weighted by molar-refractivity contribution is 5.37. The highest BCUT2D eigenvalue weighted by Gasteiger charge is 2.24. The number of pyridine rings is 1. The van der Waals surface area contributed by atoms with Crippen LogP contribution in [0, 0.1) is 0 Å². The Morgan fingerprint density at radius 2 is 2.19 bits per heavy atom. The van der Waals surface area contributed by atoms with Crippen LogP contribution >= 0.6 is 0 Å². The van der Waals surface area contributed by atoms with Crippen LogP contribution in [0.3, 0.4) is 0 Å². The Kier molecular flexibility index (Phi) is 2.36. The van der Waals surface area contributed by atoms with Crippen LogP contribution in [0.15, 0.2) is 24.4 Å². The highest BCUT2D eigenvalue weighted by atomic mass is 15.3. The van der Waals surface area contributed by atoms with Crippen LogP contribution in [0.25, 0.3) is 5.65 Å². The number of aromatic nitrogens is 3. The molecule has 1 saturated heterocycles. The molecule has 0 aromatic carbocycles. The van der Waals surface area contributed by atoms with Crippen molar-refractivity contribution in [1.82, 2.24) is 19.5 Å². The average Bonchev–Trinajstić information content (AvgIpc) is 2.74. The van der Waals surface area contributed by atoms with Gasteiger partial charge in [0.05, 0.1) is 6.04 Å². The Bertz CT molecular complexity index is 490. The Hall–Kier alpha value is -1.42. The average molecular weight is 216 g/mol. The van der Waals surface area contributed by atoms with E-state index in [1.807, 2.05) is 24.4 Å². The number of piperidine rings is 1. The molecule has 4 heteroatoms. The minimum Gasteiger partial charge on any atom is -0.296 e. The zero-order valence-corrected chi connectivity index (χ0v) is 9.50. The summed E-state index contributed by atoms with van der Waals surface area (Å²) in [5.74, 6) is 1.08. The minimum atomic E-state index is 0.422. The molecule has 1 unspecified atom stereocenters. The molecule has 1 aliphatic heterocycles. The molecule has 3 heterocycles. The van der Waals surface area contributed by atoms with Crippen molar-refractivity contribution < 1.29 is 0 Å². The quantitative estimate of drug-likeness (QED) is 0.730. The Morgan fingerprint density at radius 1 is 1.25 bits per heavy atom. The van der Waals surface area contributed by atoms with E-state index in [2.05, 4.69) is 26.5 Å². The second-order valence-electron chi connectivity index (χ2n) is 4.48. The van der Waals surface area contributed by atoms with Gasteiger partial charge in [-0.25, -0.2) is 0 Å². The Balaban J connectivity index is 2.04. The third-order valence-electron chi connectivity index (χ3n) is 3.41. The predicted octanol–water partition coefficient (Wildman–Crippen LogP) is 1.89. The lowest BCUT2D eigenvalue weighted by molar-refractivity contribution is 0.178. The van der Waals surface area contributed by atoms with Crippen molar-refractivity contribution in [2.24, 2.45) is 0 Å². The van der Waals surface area contributed by atoms with Crippen molar-refractivity contribution in [3.8, 4) is 0 Å². The van der Waals surface area contributed by atoms with Gasteiger partial charge in [0.25, 0.3) is 0 Å². The number of rotatable bonds is 1. The Labute approximate surface area is 94.9 Å². The van der Waals surface area contributed by atoms with Crippen molar-refractivity contribution >= 4 is 5.65 Å². The molecule has 84 valence electrons. The topological polar surface area (TPSA) is 33.4 Å². The third-order valence-corrected chi connectivity index (χ3v) is 3.41. The fourth-order valence-corrected chi connectivity index (χ4v) is 2.49. The summed E-state index contributed by atoms with van der Waals surface area (Å²) >= 11 is 0. The van der Waals surface area contributed by atoms with Gasteiger partial charge in [0.2, 0.25) is 0 Å². The lowest BCUT2D eigenvalue weighted by atomic mass is 10.0. The number of nitrogens with zero attached hydrogens (tertiary/aromatic N) is 4. The van der Waals surface area contributed by atoms with Crippen LogP contribution in [0.2, 0.25) is 0 Å². The van der Waals surface area contributed by atoms with E-state index < -0.39 is 0 Å². The van der Waals surface area contributed by atoms with E-state index in [1.54, 1.807) is 0 Å². The summed E-state index contributed by atoms with van der Waals surface area (Å²) in [4.78, 5) is 2.38. The predicted molar refractivity (Wildman–Crippen MR) is 62.2 cm³/mol. The van der Waals surface area contributed by atoms with Gasteiger partial charge in [-0.15, -0.1) is 10.2 Å². The van der Waals surface area contributed by atoms with E-state index >= 15 is 0 Å². The van der Waals surface area contributed by atoms with E-state index in [0.717, 1.165) is 18.0 Å².